The molecule has 1 aromatic rings. The van der Waals surface area contributed by atoms with Crippen LogP contribution in [0.3, 0.4) is 0 Å². The summed E-state index contributed by atoms with van der Waals surface area (Å²) in [7, 11) is 1.79. The van der Waals surface area contributed by atoms with E-state index >= 15 is 0 Å². The molecule has 1 unspecified atom stereocenters. The lowest BCUT2D eigenvalue weighted by Gasteiger charge is -2.22. The summed E-state index contributed by atoms with van der Waals surface area (Å²) < 4.78 is 1.02. The second-order valence-corrected chi connectivity index (χ2v) is 5.88. The van der Waals surface area contributed by atoms with Crippen molar-refractivity contribution in [2.45, 2.75) is 32.9 Å². The molecule has 18 heavy (non-hydrogen) atoms. The number of likely N-dealkylation sites (N-methyl/N-ethyl adjacent to an activating group) is 1. The first-order valence-electron chi connectivity index (χ1n) is 6.15. The summed E-state index contributed by atoms with van der Waals surface area (Å²) in [6.45, 7) is 4.72. The highest BCUT2D eigenvalue weighted by Crippen LogP contribution is 2.17. The number of carbonyl (C=O) groups is 1. The van der Waals surface area contributed by atoms with Gasteiger partial charge < -0.3 is 10.6 Å². The lowest BCUT2D eigenvalue weighted by atomic mass is 10.0. The van der Waals surface area contributed by atoms with Crippen LogP contribution in [-0.2, 0) is 11.3 Å². The van der Waals surface area contributed by atoms with Gasteiger partial charge in [0, 0.05) is 18.1 Å². The Morgan fingerprint density at radius 3 is 2.56 bits per heavy atom. The predicted octanol–water partition coefficient (Wildman–Crippen LogP) is 2.78. The summed E-state index contributed by atoms with van der Waals surface area (Å²) in [5, 5.41) is 0. The predicted molar refractivity (Wildman–Crippen MR) is 78.0 cm³/mol. The third-order valence-electron chi connectivity index (χ3n) is 2.78. The van der Waals surface area contributed by atoms with E-state index in [1.54, 1.807) is 11.9 Å². The van der Waals surface area contributed by atoms with E-state index in [1.165, 1.54) is 0 Å². The number of benzene rings is 1. The van der Waals surface area contributed by atoms with Crippen LogP contribution in [0.4, 0.5) is 0 Å². The summed E-state index contributed by atoms with van der Waals surface area (Å²) in [6.07, 6.45) is 0.721. The highest BCUT2D eigenvalue weighted by molar-refractivity contribution is 9.10. The smallest absolute Gasteiger partial charge is 0.239 e. The highest BCUT2D eigenvalue weighted by atomic mass is 79.9. The van der Waals surface area contributed by atoms with Gasteiger partial charge in [0.2, 0.25) is 5.91 Å². The number of nitrogens with two attached hydrogens (primary N) is 1. The van der Waals surface area contributed by atoms with Gasteiger partial charge in [-0.1, -0.05) is 48.0 Å². The molecule has 0 saturated heterocycles. The SMILES string of the molecule is CC(C)CC(N)C(=O)N(C)Cc1ccccc1Br. The van der Waals surface area contributed by atoms with Crippen molar-refractivity contribution in [1.82, 2.24) is 4.90 Å². The van der Waals surface area contributed by atoms with Crippen LogP contribution >= 0.6 is 15.9 Å². The first-order chi connectivity index (χ1) is 8.41. The Hall–Kier alpha value is -0.870. The second-order valence-electron chi connectivity index (χ2n) is 5.02. The Labute approximate surface area is 117 Å². The van der Waals surface area contributed by atoms with Crippen molar-refractivity contribution in [3.63, 3.8) is 0 Å². The molecule has 0 radical (unpaired) electrons. The molecule has 1 aromatic carbocycles. The Bertz CT molecular complexity index is 407. The first-order valence-corrected chi connectivity index (χ1v) is 6.95. The van der Waals surface area contributed by atoms with Crippen LogP contribution < -0.4 is 5.73 Å². The minimum absolute atomic E-state index is 0.000506. The van der Waals surface area contributed by atoms with E-state index in [9.17, 15) is 4.79 Å². The van der Waals surface area contributed by atoms with E-state index in [0.29, 0.717) is 12.5 Å². The third kappa shape index (κ3) is 4.42. The molecule has 0 spiro atoms. The molecule has 0 heterocycles. The van der Waals surface area contributed by atoms with Gasteiger partial charge in [-0.15, -0.1) is 0 Å². The summed E-state index contributed by atoms with van der Waals surface area (Å²) in [5.74, 6) is 0.431. The van der Waals surface area contributed by atoms with E-state index in [4.69, 9.17) is 5.73 Å². The van der Waals surface area contributed by atoms with Crippen molar-refractivity contribution in [3.8, 4) is 0 Å². The van der Waals surface area contributed by atoms with Crippen LogP contribution in [-0.4, -0.2) is 23.9 Å². The van der Waals surface area contributed by atoms with Gasteiger partial charge in [-0.3, -0.25) is 4.79 Å². The van der Waals surface area contributed by atoms with E-state index in [1.807, 2.05) is 24.3 Å². The van der Waals surface area contributed by atoms with Crippen LogP contribution in [0.2, 0.25) is 0 Å². The van der Waals surface area contributed by atoms with Gasteiger partial charge >= 0.3 is 0 Å². The Balaban J connectivity index is 2.63. The summed E-state index contributed by atoms with van der Waals surface area (Å²) >= 11 is 3.48. The fourth-order valence-corrected chi connectivity index (χ4v) is 2.26. The molecule has 3 nitrogen and oxygen atoms in total. The Kier molecular flexibility index (Phi) is 5.82. The average Bonchev–Trinajstić information content (AvgIpc) is 2.30. The van der Waals surface area contributed by atoms with Gasteiger partial charge in [0.05, 0.1) is 6.04 Å². The summed E-state index contributed by atoms with van der Waals surface area (Å²) in [4.78, 5) is 13.8. The van der Waals surface area contributed by atoms with Crippen LogP contribution in [0.1, 0.15) is 25.8 Å². The van der Waals surface area contributed by atoms with Gasteiger partial charge in [0.15, 0.2) is 0 Å². The number of halogens is 1. The highest BCUT2D eigenvalue weighted by Gasteiger charge is 2.19. The number of carbonyl (C=O) groups excluding carboxylic acids is 1. The van der Waals surface area contributed by atoms with Gasteiger partial charge in [0.1, 0.15) is 0 Å². The number of hydrogen-bond acceptors (Lipinski definition) is 2. The van der Waals surface area contributed by atoms with Crippen molar-refractivity contribution in [1.29, 1.82) is 0 Å². The molecule has 4 heteroatoms. The Morgan fingerprint density at radius 1 is 1.39 bits per heavy atom. The minimum atomic E-state index is -0.405. The molecular weight excluding hydrogens is 292 g/mol. The van der Waals surface area contributed by atoms with Gasteiger partial charge in [-0.2, -0.15) is 0 Å². The van der Waals surface area contributed by atoms with E-state index in [0.717, 1.165) is 16.5 Å². The maximum absolute atomic E-state index is 12.1. The molecule has 1 atom stereocenters. The van der Waals surface area contributed by atoms with Crippen molar-refractivity contribution < 1.29 is 4.79 Å². The number of nitrogens with zero attached hydrogens (tertiary/aromatic N) is 1. The zero-order valence-corrected chi connectivity index (χ0v) is 12.8. The molecule has 0 aliphatic heterocycles. The first kappa shape index (κ1) is 15.2. The molecule has 0 saturated carbocycles. The molecular formula is C14H21BrN2O. The van der Waals surface area contributed by atoms with Gasteiger partial charge in [-0.05, 0) is 24.0 Å². The second kappa shape index (κ2) is 6.90. The van der Waals surface area contributed by atoms with Crippen LogP contribution in [0.15, 0.2) is 28.7 Å². The van der Waals surface area contributed by atoms with Crippen molar-refractivity contribution in [2.75, 3.05) is 7.05 Å². The molecule has 0 aliphatic carbocycles. The summed E-state index contributed by atoms with van der Waals surface area (Å²) in [5.41, 5.74) is 7.00. The topological polar surface area (TPSA) is 46.3 Å². The largest absolute Gasteiger partial charge is 0.340 e. The van der Waals surface area contributed by atoms with E-state index in [-0.39, 0.29) is 5.91 Å². The molecule has 0 aliphatic rings. The normalized spacial score (nSPS) is 12.6. The quantitative estimate of drug-likeness (QED) is 0.908. The fourth-order valence-electron chi connectivity index (χ4n) is 1.85. The van der Waals surface area contributed by atoms with Crippen LogP contribution in [0.5, 0.6) is 0 Å². The zero-order chi connectivity index (χ0) is 13.7. The van der Waals surface area contributed by atoms with Gasteiger partial charge in [-0.25, -0.2) is 0 Å². The average molecular weight is 313 g/mol. The molecule has 1 amide bonds. The number of hydrogen-bond donors (Lipinski definition) is 1. The monoisotopic (exact) mass is 312 g/mol. The summed E-state index contributed by atoms with van der Waals surface area (Å²) in [6, 6.07) is 7.49. The maximum Gasteiger partial charge on any atom is 0.239 e. The molecule has 0 aromatic heterocycles. The molecule has 0 fully saturated rings. The van der Waals surface area contributed by atoms with Crippen LogP contribution in [0, 0.1) is 5.92 Å². The maximum atomic E-state index is 12.1. The van der Waals surface area contributed by atoms with Crippen molar-refractivity contribution >= 4 is 21.8 Å². The van der Waals surface area contributed by atoms with Crippen molar-refractivity contribution in [3.05, 3.63) is 34.3 Å². The number of rotatable bonds is 5. The molecule has 100 valence electrons. The standard InChI is InChI=1S/C14H21BrN2O/c1-10(2)8-13(16)14(18)17(3)9-11-6-4-5-7-12(11)15/h4-7,10,13H,8-9,16H2,1-3H3. The Morgan fingerprint density at radius 2 is 2.00 bits per heavy atom. The molecule has 0 bridgehead atoms. The third-order valence-corrected chi connectivity index (χ3v) is 3.56. The lowest BCUT2D eigenvalue weighted by Crippen LogP contribution is -2.42. The fraction of sp³-hybridized carbons (Fsp3) is 0.500. The molecule has 1 rings (SSSR count). The molecule has 2 N–H and O–H groups in total. The van der Waals surface area contributed by atoms with Crippen molar-refractivity contribution in [2.24, 2.45) is 11.7 Å². The van der Waals surface area contributed by atoms with E-state index in [2.05, 4.69) is 29.8 Å². The zero-order valence-electron chi connectivity index (χ0n) is 11.2. The van der Waals surface area contributed by atoms with E-state index < -0.39 is 6.04 Å². The minimum Gasteiger partial charge on any atom is -0.340 e. The number of amides is 1. The van der Waals surface area contributed by atoms with Gasteiger partial charge in [0.25, 0.3) is 0 Å². The van der Waals surface area contributed by atoms with Crippen LogP contribution in [0.25, 0.3) is 0 Å². The lowest BCUT2D eigenvalue weighted by molar-refractivity contribution is -0.132.